The van der Waals surface area contributed by atoms with E-state index < -0.39 is 0 Å². The normalized spacial score (nSPS) is 21.0. The molecule has 3 heterocycles. The number of para-hydroxylation sites is 2. The van der Waals surface area contributed by atoms with Crippen LogP contribution < -0.4 is 9.47 Å². The summed E-state index contributed by atoms with van der Waals surface area (Å²) in [7, 11) is 1.95. The van der Waals surface area contributed by atoms with Gasteiger partial charge in [0.05, 0.1) is 6.67 Å². The van der Waals surface area contributed by atoms with Crippen LogP contribution in [-0.4, -0.2) is 38.9 Å². The van der Waals surface area contributed by atoms with E-state index in [0.717, 1.165) is 41.9 Å². The third-order valence-electron chi connectivity index (χ3n) is 4.65. The lowest BCUT2D eigenvalue weighted by Gasteiger charge is -2.26. The van der Waals surface area contributed by atoms with Gasteiger partial charge < -0.3 is 14.0 Å². The van der Waals surface area contributed by atoms with Crippen LogP contribution in [0, 0.1) is 4.77 Å². The van der Waals surface area contributed by atoms with Crippen molar-refractivity contribution in [3.05, 3.63) is 34.9 Å². The third kappa shape index (κ3) is 2.93. The van der Waals surface area contributed by atoms with Crippen LogP contribution in [0.25, 0.3) is 0 Å². The van der Waals surface area contributed by atoms with Crippen molar-refractivity contribution in [2.45, 2.75) is 32.0 Å². The Morgan fingerprint density at radius 2 is 1.92 bits per heavy atom. The molecule has 1 fully saturated rings. The summed E-state index contributed by atoms with van der Waals surface area (Å²) in [6.45, 7) is 3.42. The van der Waals surface area contributed by atoms with Gasteiger partial charge in [0.1, 0.15) is 6.61 Å². The molecule has 6 nitrogen and oxygen atoms in total. The maximum Gasteiger partial charge on any atom is 0.198 e. The lowest BCUT2D eigenvalue weighted by atomic mass is 10.1. The zero-order valence-corrected chi connectivity index (χ0v) is 14.7. The molecule has 0 spiro atoms. The molecule has 1 unspecified atom stereocenters. The second-order valence-corrected chi connectivity index (χ2v) is 6.75. The van der Waals surface area contributed by atoms with Gasteiger partial charge in [-0.05, 0) is 50.3 Å². The second-order valence-electron chi connectivity index (χ2n) is 6.38. The summed E-state index contributed by atoms with van der Waals surface area (Å²) in [5, 5.41) is 4.73. The summed E-state index contributed by atoms with van der Waals surface area (Å²) in [6, 6.07) is 7.72. The summed E-state index contributed by atoms with van der Waals surface area (Å²) in [6.07, 6.45) is 3.59. The average Bonchev–Trinajstić information content (AvgIpc) is 2.91. The number of nitrogens with zero attached hydrogens (tertiary/aromatic N) is 4. The highest BCUT2D eigenvalue weighted by Gasteiger charge is 2.27. The van der Waals surface area contributed by atoms with Gasteiger partial charge in [0.25, 0.3) is 0 Å². The van der Waals surface area contributed by atoms with Gasteiger partial charge in [-0.3, -0.25) is 4.90 Å². The molecule has 2 aliphatic heterocycles. The van der Waals surface area contributed by atoms with E-state index in [9.17, 15) is 0 Å². The smallest absolute Gasteiger partial charge is 0.198 e. The standard InChI is InChI=1S/C17H22N4O2S/c1-19-16(15-11-22-13-7-3-4-8-14(13)23-15)18-21(17(19)24)12-20-9-5-2-6-10-20/h3-4,7-8,15H,2,5-6,9-12H2,1H3. The largest absolute Gasteiger partial charge is 0.485 e. The van der Waals surface area contributed by atoms with Gasteiger partial charge in [-0.15, -0.1) is 0 Å². The molecular weight excluding hydrogens is 324 g/mol. The van der Waals surface area contributed by atoms with E-state index in [0.29, 0.717) is 6.61 Å². The first kappa shape index (κ1) is 15.7. The number of likely N-dealkylation sites (tertiary alicyclic amines) is 1. The Labute approximate surface area is 146 Å². The number of aromatic nitrogens is 3. The molecule has 0 radical (unpaired) electrons. The van der Waals surface area contributed by atoms with E-state index in [1.54, 1.807) is 0 Å². The summed E-state index contributed by atoms with van der Waals surface area (Å²) in [4.78, 5) is 2.41. The summed E-state index contributed by atoms with van der Waals surface area (Å²) >= 11 is 5.57. The van der Waals surface area contributed by atoms with E-state index in [1.165, 1.54) is 19.3 Å². The molecule has 0 N–H and O–H groups in total. The Balaban J connectivity index is 1.56. The minimum absolute atomic E-state index is 0.241. The first-order valence-electron chi connectivity index (χ1n) is 8.47. The van der Waals surface area contributed by atoms with Crippen LogP contribution in [0.4, 0.5) is 0 Å². The molecule has 7 heteroatoms. The Bertz CT molecular complexity index is 779. The molecular formula is C17H22N4O2S. The quantitative estimate of drug-likeness (QED) is 0.800. The van der Waals surface area contributed by atoms with Crippen LogP contribution in [0.1, 0.15) is 31.2 Å². The molecule has 1 atom stereocenters. The molecule has 0 bridgehead atoms. The fourth-order valence-corrected chi connectivity index (χ4v) is 3.51. The maximum absolute atomic E-state index is 6.08. The van der Waals surface area contributed by atoms with E-state index in [2.05, 4.69) is 4.90 Å². The molecule has 1 saturated heterocycles. The second kappa shape index (κ2) is 6.57. The molecule has 2 aliphatic rings. The van der Waals surface area contributed by atoms with E-state index in [1.807, 2.05) is 40.6 Å². The van der Waals surface area contributed by atoms with Crippen LogP contribution in [0.15, 0.2) is 24.3 Å². The van der Waals surface area contributed by atoms with Gasteiger partial charge in [-0.25, -0.2) is 4.68 Å². The number of piperidine rings is 1. The van der Waals surface area contributed by atoms with Crippen LogP contribution >= 0.6 is 12.2 Å². The molecule has 1 aromatic heterocycles. The minimum atomic E-state index is -0.241. The summed E-state index contributed by atoms with van der Waals surface area (Å²) in [5.74, 6) is 2.35. The zero-order chi connectivity index (χ0) is 16.5. The molecule has 0 amide bonds. The number of ether oxygens (including phenoxy) is 2. The summed E-state index contributed by atoms with van der Waals surface area (Å²) in [5.41, 5.74) is 0. The number of benzene rings is 1. The van der Waals surface area contributed by atoms with Crippen LogP contribution in [0.5, 0.6) is 11.5 Å². The fourth-order valence-electron chi connectivity index (χ4n) is 3.31. The van der Waals surface area contributed by atoms with Crippen molar-refractivity contribution >= 4 is 12.2 Å². The van der Waals surface area contributed by atoms with Gasteiger partial charge in [0.2, 0.25) is 0 Å². The molecule has 0 saturated carbocycles. The van der Waals surface area contributed by atoms with Gasteiger partial charge in [0, 0.05) is 7.05 Å². The zero-order valence-electron chi connectivity index (χ0n) is 13.9. The number of hydrogen-bond donors (Lipinski definition) is 0. The molecule has 2 aromatic rings. The van der Waals surface area contributed by atoms with Crippen molar-refractivity contribution in [2.75, 3.05) is 19.7 Å². The van der Waals surface area contributed by atoms with Crippen molar-refractivity contribution in [3.63, 3.8) is 0 Å². The maximum atomic E-state index is 6.08. The first-order valence-corrected chi connectivity index (χ1v) is 8.88. The molecule has 4 rings (SSSR count). The SMILES string of the molecule is Cn1c(C2COc3ccccc3O2)nn(CN2CCCCC2)c1=S. The van der Waals surface area contributed by atoms with E-state index in [4.69, 9.17) is 26.8 Å². The lowest BCUT2D eigenvalue weighted by molar-refractivity contribution is 0.0819. The third-order valence-corrected chi connectivity index (χ3v) is 5.14. The van der Waals surface area contributed by atoms with Crippen molar-refractivity contribution in [2.24, 2.45) is 7.05 Å². The predicted octanol–water partition coefficient (Wildman–Crippen LogP) is 2.91. The van der Waals surface area contributed by atoms with Crippen LogP contribution in [-0.2, 0) is 13.7 Å². The minimum Gasteiger partial charge on any atom is -0.485 e. The van der Waals surface area contributed by atoms with E-state index >= 15 is 0 Å². The highest BCUT2D eigenvalue weighted by Crippen LogP contribution is 2.35. The Morgan fingerprint density at radius 1 is 1.17 bits per heavy atom. The molecule has 1 aromatic carbocycles. The Morgan fingerprint density at radius 3 is 2.71 bits per heavy atom. The number of fused-ring (bicyclic) bond motifs is 1. The Kier molecular flexibility index (Phi) is 4.28. The highest BCUT2D eigenvalue weighted by atomic mass is 32.1. The number of hydrogen-bond acceptors (Lipinski definition) is 5. The van der Waals surface area contributed by atoms with Crippen molar-refractivity contribution in [1.82, 2.24) is 19.2 Å². The monoisotopic (exact) mass is 346 g/mol. The summed E-state index contributed by atoms with van der Waals surface area (Å²) < 4.78 is 16.4. The molecule has 24 heavy (non-hydrogen) atoms. The van der Waals surface area contributed by atoms with Crippen molar-refractivity contribution < 1.29 is 9.47 Å². The fraction of sp³-hybridized carbons (Fsp3) is 0.529. The molecule has 0 aliphatic carbocycles. The van der Waals surface area contributed by atoms with Gasteiger partial charge in [-0.1, -0.05) is 18.6 Å². The number of rotatable bonds is 3. The van der Waals surface area contributed by atoms with Gasteiger partial charge in [0.15, 0.2) is 28.2 Å². The van der Waals surface area contributed by atoms with Crippen LogP contribution in [0.3, 0.4) is 0 Å². The van der Waals surface area contributed by atoms with E-state index in [-0.39, 0.29) is 6.10 Å². The highest BCUT2D eigenvalue weighted by molar-refractivity contribution is 7.71. The van der Waals surface area contributed by atoms with Gasteiger partial charge in [-0.2, -0.15) is 5.10 Å². The first-order chi connectivity index (χ1) is 11.7. The van der Waals surface area contributed by atoms with Crippen molar-refractivity contribution in [1.29, 1.82) is 0 Å². The average molecular weight is 346 g/mol. The van der Waals surface area contributed by atoms with Crippen molar-refractivity contribution in [3.8, 4) is 11.5 Å². The Hall–Kier alpha value is -1.86. The van der Waals surface area contributed by atoms with Gasteiger partial charge >= 0.3 is 0 Å². The van der Waals surface area contributed by atoms with Crippen LogP contribution in [0.2, 0.25) is 0 Å². The topological polar surface area (TPSA) is 44.5 Å². The molecule has 128 valence electrons. The predicted molar refractivity (Wildman–Crippen MR) is 92.8 cm³/mol. The lowest BCUT2D eigenvalue weighted by Crippen LogP contribution is -2.32.